The molecular formula is C15H28N2O3. The molecule has 0 spiro atoms. The summed E-state index contributed by atoms with van der Waals surface area (Å²) in [6.07, 6.45) is 7.50. The van der Waals surface area contributed by atoms with E-state index >= 15 is 0 Å². The molecule has 5 nitrogen and oxygen atoms in total. The lowest BCUT2D eigenvalue weighted by Gasteiger charge is -2.31. The molecule has 2 atom stereocenters. The van der Waals surface area contributed by atoms with E-state index in [9.17, 15) is 9.59 Å². The average Bonchev–Trinajstić information content (AvgIpc) is 2.46. The smallest absolute Gasteiger partial charge is 0.329 e. The van der Waals surface area contributed by atoms with Crippen molar-refractivity contribution in [3.8, 4) is 0 Å². The summed E-state index contributed by atoms with van der Waals surface area (Å²) in [6.45, 7) is 4.01. The van der Waals surface area contributed by atoms with Gasteiger partial charge in [0.15, 0.2) is 0 Å². The minimum Gasteiger partial charge on any atom is -0.467 e. The largest absolute Gasteiger partial charge is 0.467 e. The summed E-state index contributed by atoms with van der Waals surface area (Å²) < 4.78 is 4.73. The fourth-order valence-electron chi connectivity index (χ4n) is 3.03. The van der Waals surface area contributed by atoms with Crippen LogP contribution in [0.25, 0.3) is 0 Å². The van der Waals surface area contributed by atoms with Gasteiger partial charge in [-0.3, -0.25) is 4.79 Å². The zero-order valence-electron chi connectivity index (χ0n) is 12.9. The Morgan fingerprint density at radius 2 is 1.90 bits per heavy atom. The van der Waals surface area contributed by atoms with Crippen LogP contribution in [0.3, 0.4) is 0 Å². The van der Waals surface area contributed by atoms with Crippen molar-refractivity contribution < 1.29 is 14.3 Å². The first kappa shape index (κ1) is 17.0. The van der Waals surface area contributed by atoms with Crippen molar-refractivity contribution >= 4 is 11.9 Å². The molecule has 0 heterocycles. The number of esters is 1. The Morgan fingerprint density at radius 1 is 1.25 bits per heavy atom. The lowest BCUT2D eigenvalue weighted by molar-refractivity contribution is -0.144. The van der Waals surface area contributed by atoms with Crippen molar-refractivity contribution in [1.29, 1.82) is 0 Å². The number of ether oxygens (including phenoxy) is 1. The van der Waals surface area contributed by atoms with Crippen LogP contribution in [0.1, 0.15) is 52.4 Å². The Hall–Kier alpha value is -1.10. The van der Waals surface area contributed by atoms with Gasteiger partial charge in [0.25, 0.3) is 0 Å². The normalized spacial score (nSPS) is 19.1. The maximum atomic E-state index is 11.6. The Bertz CT molecular complexity index is 314. The number of hydrogen-bond acceptors (Lipinski definition) is 4. The van der Waals surface area contributed by atoms with Gasteiger partial charge in [0.05, 0.1) is 7.11 Å². The van der Waals surface area contributed by atoms with E-state index in [1.165, 1.54) is 46.1 Å². The number of rotatable bonds is 7. The first-order valence-electron chi connectivity index (χ1n) is 7.66. The Labute approximate surface area is 121 Å². The number of amides is 1. The second-order valence-electron chi connectivity index (χ2n) is 5.60. The van der Waals surface area contributed by atoms with Crippen molar-refractivity contribution in [3.05, 3.63) is 0 Å². The Balaban J connectivity index is 2.49. The average molecular weight is 284 g/mol. The van der Waals surface area contributed by atoms with Gasteiger partial charge in [-0.25, -0.2) is 4.79 Å². The topological polar surface area (TPSA) is 67.4 Å². The lowest BCUT2D eigenvalue weighted by Crippen LogP contribution is -2.50. The molecule has 2 unspecified atom stereocenters. The van der Waals surface area contributed by atoms with E-state index in [0.29, 0.717) is 18.5 Å². The van der Waals surface area contributed by atoms with Crippen molar-refractivity contribution in [2.45, 2.75) is 64.5 Å². The maximum absolute atomic E-state index is 11.6. The fraction of sp³-hybridized carbons (Fsp3) is 0.867. The Morgan fingerprint density at radius 3 is 2.40 bits per heavy atom. The molecule has 0 radical (unpaired) electrons. The molecule has 1 amide bonds. The summed E-state index contributed by atoms with van der Waals surface area (Å²) >= 11 is 0. The molecule has 0 aromatic carbocycles. The number of nitrogens with one attached hydrogen (secondary N) is 2. The summed E-state index contributed by atoms with van der Waals surface area (Å²) in [6, 6.07) is -0.189. The number of carbonyl (C=O) groups is 2. The predicted molar refractivity (Wildman–Crippen MR) is 78.3 cm³/mol. The first-order valence-corrected chi connectivity index (χ1v) is 7.66. The van der Waals surface area contributed by atoms with Crippen molar-refractivity contribution in [1.82, 2.24) is 10.6 Å². The number of hydrogen-bond donors (Lipinski definition) is 2. The van der Waals surface area contributed by atoms with Gasteiger partial charge in [0.1, 0.15) is 6.04 Å². The van der Waals surface area contributed by atoms with Gasteiger partial charge in [-0.2, -0.15) is 0 Å². The molecule has 20 heavy (non-hydrogen) atoms. The molecule has 1 aliphatic rings. The zero-order valence-corrected chi connectivity index (χ0v) is 12.9. The van der Waals surface area contributed by atoms with E-state index in [-0.39, 0.29) is 5.91 Å². The molecule has 0 aromatic rings. The SMILES string of the molecule is CCC(NCC(NC(C)=O)C(=O)OC)C1CCCCC1. The maximum Gasteiger partial charge on any atom is 0.329 e. The third-order valence-corrected chi connectivity index (χ3v) is 4.11. The molecule has 116 valence electrons. The van der Waals surface area contributed by atoms with Gasteiger partial charge >= 0.3 is 5.97 Å². The fourth-order valence-corrected chi connectivity index (χ4v) is 3.03. The summed E-state index contributed by atoms with van der Waals surface area (Å²) in [5.74, 6) is 0.0727. The third kappa shape index (κ3) is 5.49. The molecule has 0 saturated heterocycles. The van der Waals surface area contributed by atoms with Gasteiger partial charge in [-0.1, -0.05) is 26.2 Å². The van der Waals surface area contributed by atoms with Crippen LogP contribution in [0, 0.1) is 5.92 Å². The van der Waals surface area contributed by atoms with Crippen LogP contribution in [0.5, 0.6) is 0 Å². The number of methoxy groups -OCH3 is 1. The van der Waals surface area contributed by atoms with Crippen molar-refractivity contribution in [2.75, 3.05) is 13.7 Å². The highest BCUT2D eigenvalue weighted by atomic mass is 16.5. The van der Waals surface area contributed by atoms with Crippen LogP contribution in [-0.4, -0.2) is 37.6 Å². The standard InChI is InChI=1S/C15H28N2O3/c1-4-13(12-8-6-5-7-9-12)16-10-14(15(19)20-3)17-11(2)18/h12-14,16H,4-10H2,1-3H3,(H,17,18). The van der Waals surface area contributed by atoms with Crippen molar-refractivity contribution in [3.63, 3.8) is 0 Å². The molecule has 5 heteroatoms. The van der Waals surface area contributed by atoms with E-state index in [0.717, 1.165) is 6.42 Å². The van der Waals surface area contributed by atoms with E-state index in [2.05, 4.69) is 17.6 Å². The lowest BCUT2D eigenvalue weighted by atomic mass is 9.83. The zero-order chi connectivity index (χ0) is 15.0. The first-order chi connectivity index (χ1) is 9.58. The van der Waals surface area contributed by atoms with Gasteiger partial charge < -0.3 is 15.4 Å². The minimum atomic E-state index is -0.602. The summed E-state index contributed by atoms with van der Waals surface area (Å²) in [4.78, 5) is 22.8. The van der Waals surface area contributed by atoms with Crippen LogP contribution < -0.4 is 10.6 Å². The van der Waals surface area contributed by atoms with Gasteiger partial charge in [0, 0.05) is 19.5 Å². The molecule has 0 aliphatic heterocycles. The molecule has 1 rings (SSSR count). The highest BCUT2D eigenvalue weighted by Gasteiger charge is 2.25. The van der Waals surface area contributed by atoms with E-state index in [1.807, 2.05) is 0 Å². The minimum absolute atomic E-state index is 0.215. The molecule has 0 aromatic heterocycles. The quantitative estimate of drug-likeness (QED) is 0.697. The van der Waals surface area contributed by atoms with Gasteiger partial charge in [0.2, 0.25) is 5.91 Å². The highest BCUT2D eigenvalue weighted by molar-refractivity contribution is 5.83. The molecule has 1 saturated carbocycles. The van der Waals surface area contributed by atoms with Crippen molar-refractivity contribution in [2.24, 2.45) is 5.92 Å². The van der Waals surface area contributed by atoms with Crippen LogP contribution in [-0.2, 0) is 14.3 Å². The summed E-state index contributed by atoms with van der Waals surface area (Å²) in [5, 5.41) is 6.08. The second kappa shape index (κ2) is 8.95. The second-order valence-corrected chi connectivity index (χ2v) is 5.60. The van der Waals surface area contributed by atoms with Crippen LogP contribution in [0.4, 0.5) is 0 Å². The molecule has 2 N–H and O–H groups in total. The highest BCUT2D eigenvalue weighted by Crippen LogP contribution is 2.27. The van der Waals surface area contributed by atoms with Crippen LogP contribution in [0.2, 0.25) is 0 Å². The third-order valence-electron chi connectivity index (χ3n) is 4.11. The van der Waals surface area contributed by atoms with E-state index in [1.54, 1.807) is 0 Å². The number of carbonyl (C=O) groups excluding carboxylic acids is 2. The summed E-state index contributed by atoms with van der Waals surface area (Å²) in [5.41, 5.74) is 0. The molecule has 1 fully saturated rings. The summed E-state index contributed by atoms with van der Waals surface area (Å²) in [7, 11) is 1.34. The van der Waals surface area contributed by atoms with Crippen LogP contribution >= 0.6 is 0 Å². The van der Waals surface area contributed by atoms with Gasteiger partial charge in [-0.05, 0) is 25.2 Å². The molecule has 0 bridgehead atoms. The van der Waals surface area contributed by atoms with Gasteiger partial charge in [-0.15, -0.1) is 0 Å². The molecule has 1 aliphatic carbocycles. The van der Waals surface area contributed by atoms with E-state index < -0.39 is 12.0 Å². The Kier molecular flexibility index (Phi) is 7.59. The van der Waals surface area contributed by atoms with E-state index in [4.69, 9.17) is 4.74 Å². The predicted octanol–water partition coefficient (Wildman–Crippen LogP) is 1.61. The van der Waals surface area contributed by atoms with Crippen LogP contribution in [0.15, 0.2) is 0 Å². The monoisotopic (exact) mass is 284 g/mol. The molecular weight excluding hydrogens is 256 g/mol.